The van der Waals surface area contributed by atoms with E-state index >= 15 is 0 Å². The molecule has 1 heterocycles. The van der Waals surface area contributed by atoms with Crippen molar-refractivity contribution in [2.24, 2.45) is 0 Å². The smallest absolute Gasteiger partial charge is 0.270 e. The molecule has 1 saturated heterocycles. The van der Waals surface area contributed by atoms with Crippen LogP contribution in [0.1, 0.15) is 12.5 Å². The van der Waals surface area contributed by atoms with Gasteiger partial charge < -0.3 is 0 Å². The Bertz CT molecular complexity index is 602. The van der Waals surface area contributed by atoms with Crippen LogP contribution in [-0.4, -0.2) is 43.6 Å². The fraction of sp³-hybridized carbons (Fsp3) is 0.462. The molecule has 0 aliphatic carbocycles. The number of hydrazine groups is 1. The van der Waals surface area contributed by atoms with E-state index in [0.717, 1.165) is 11.3 Å². The Kier molecular flexibility index (Phi) is 5.13. The molecule has 2 N–H and O–H groups in total. The maximum absolute atomic E-state index is 12.1. The highest BCUT2D eigenvalue weighted by Gasteiger charge is 2.21. The number of nitrogens with zero attached hydrogens (tertiary/aromatic N) is 1. The van der Waals surface area contributed by atoms with Crippen molar-refractivity contribution in [3.8, 4) is 0 Å². The Morgan fingerprint density at radius 2 is 2.00 bits per heavy atom. The highest BCUT2D eigenvalue weighted by atomic mass is 32.2. The van der Waals surface area contributed by atoms with Gasteiger partial charge in [0.2, 0.25) is 0 Å². The van der Waals surface area contributed by atoms with Crippen LogP contribution in [0.4, 0.5) is 4.79 Å². The van der Waals surface area contributed by atoms with E-state index in [2.05, 4.69) is 12.3 Å². The largest absolute Gasteiger partial charge is 0.343 e. The summed E-state index contributed by atoms with van der Waals surface area (Å²) in [6.07, 6.45) is 0. The van der Waals surface area contributed by atoms with Crippen LogP contribution in [0.3, 0.4) is 0 Å². The summed E-state index contributed by atoms with van der Waals surface area (Å²) in [6.45, 7) is 5.33. The van der Waals surface area contributed by atoms with E-state index in [1.165, 1.54) is 12.1 Å². The number of aryl methyl sites for hydroxylation is 1. The fourth-order valence-corrected chi connectivity index (χ4v) is 3.90. The van der Waals surface area contributed by atoms with Crippen LogP contribution in [0.2, 0.25) is 0 Å². The first-order valence-electron chi connectivity index (χ1n) is 6.63. The zero-order valence-corrected chi connectivity index (χ0v) is 13.6. The molecule has 1 aliphatic rings. The molecule has 8 heteroatoms. The number of thioether (sulfide) groups is 1. The van der Waals surface area contributed by atoms with Crippen LogP contribution < -0.4 is 10.1 Å². The minimum Gasteiger partial charge on any atom is -0.270 e. The number of urea groups is 1. The Morgan fingerprint density at radius 3 is 2.62 bits per heavy atom. The average Bonchev–Trinajstić information content (AvgIpc) is 2.38. The van der Waals surface area contributed by atoms with Crippen LogP contribution in [0.5, 0.6) is 0 Å². The molecular weight excluding hydrogens is 310 g/mol. The molecule has 0 spiro atoms. The summed E-state index contributed by atoms with van der Waals surface area (Å²) in [5, 5.41) is 2.15. The van der Waals surface area contributed by atoms with E-state index < -0.39 is 16.1 Å². The molecule has 0 aromatic heterocycles. The van der Waals surface area contributed by atoms with Crippen molar-refractivity contribution in [2.75, 3.05) is 18.8 Å². The van der Waals surface area contributed by atoms with E-state index in [4.69, 9.17) is 0 Å². The lowest BCUT2D eigenvalue weighted by molar-refractivity contribution is 0.185. The van der Waals surface area contributed by atoms with Gasteiger partial charge in [-0.1, -0.05) is 24.6 Å². The highest BCUT2D eigenvalue weighted by molar-refractivity contribution is 7.99. The van der Waals surface area contributed by atoms with Gasteiger partial charge in [-0.05, 0) is 19.1 Å². The highest BCUT2D eigenvalue weighted by Crippen LogP contribution is 2.16. The number of hydrogen-bond donors (Lipinski definition) is 2. The third-order valence-electron chi connectivity index (χ3n) is 3.06. The monoisotopic (exact) mass is 329 g/mol. The van der Waals surface area contributed by atoms with Crippen molar-refractivity contribution in [1.82, 2.24) is 15.2 Å². The van der Waals surface area contributed by atoms with Gasteiger partial charge >= 0.3 is 6.03 Å². The molecule has 1 fully saturated rings. The predicted molar refractivity (Wildman–Crippen MR) is 83.5 cm³/mol. The van der Waals surface area contributed by atoms with Crippen LogP contribution in [0.15, 0.2) is 29.2 Å². The number of hydrogen-bond acceptors (Lipinski definition) is 5. The summed E-state index contributed by atoms with van der Waals surface area (Å²) < 4.78 is 26.2. The molecule has 1 atom stereocenters. The number of carbonyl (C=O) groups excluding carboxylic acids is 1. The SMILES string of the molecule is Cc1ccc(S(=O)(=O)NC(=O)NN2CCSC(C)C2)cc1. The topological polar surface area (TPSA) is 78.5 Å². The number of rotatable bonds is 3. The van der Waals surface area contributed by atoms with Gasteiger partial charge in [-0.2, -0.15) is 11.8 Å². The van der Waals surface area contributed by atoms with Gasteiger partial charge in [0.25, 0.3) is 10.0 Å². The first-order chi connectivity index (χ1) is 9.87. The summed E-state index contributed by atoms with van der Waals surface area (Å²) >= 11 is 1.83. The molecule has 116 valence electrons. The van der Waals surface area contributed by atoms with Crippen molar-refractivity contribution < 1.29 is 13.2 Å². The van der Waals surface area contributed by atoms with Gasteiger partial charge in [0, 0.05) is 24.1 Å². The number of benzene rings is 1. The number of amides is 2. The van der Waals surface area contributed by atoms with Gasteiger partial charge in [-0.15, -0.1) is 0 Å². The lowest BCUT2D eigenvalue weighted by Gasteiger charge is -2.30. The van der Waals surface area contributed by atoms with E-state index in [1.807, 2.05) is 23.4 Å². The third-order valence-corrected chi connectivity index (χ3v) is 5.54. The van der Waals surface area contributed by atoms with Gasteiger partial charge in [-0.25, -0.2) is 22.9 Å². The molecule has 21 heavy (non-hydrogen) atoms. The lowest BCUT2D eigenvalue weighted by Crippen LogP contribution is -2.52. The second kappa shape index (κ2) is 6.67. The number of nitrogens with one attached hydrogen (secondary N) is 2. The first-order valence-corrected chi connectivity index (χ1v) is 9.17. The molecule has 6 nitrogen and oxygen atoms in total. The molecule has 1 unspecified atom stereocenters. The van der Waals surface area contributed by atoms with Crippen LogP contribution in [0.25, 0.3) is 0 Å². The predicted octanol–water partition coefficient (Wildman–Crippen LogP) is 1.34. The molecule has 0 saturated carbocycles. The second-order valence-electron chi connectivity index (χ2n) is 4.99. The normalized spacial score (nSPS) is 20.0. The summed E-state index contributed by atoms with van der Waals surface area (Å²) in [7, 11) is -3.83. The van der Waals surface area contributed by atoms with E-state index in [1.54, 1.807) is 17.1 Å². The molecule has 0 bridgehead atoms. The average molecular weight is 329 g/mol. The van der Waals surface area contributed by atoms with Crippen molar-refractivity contribution in [3.63, 3.8) is 0 Å². The Labute approximate surface area is 129 Å². The molecule has 1 aliphatic heterocycles. The number of carbonyl (C=O) groups is 1. The van der Waals surface area contributed by atoms with Gasteiger partial charge in [0.1, 0.15) is 0 Å². The molecule has 2 amide bonds. The molecule has 1 aromatic rings. The molecular formula is C13H19N3O3S2. The molecule has 1 aromatic carbocycles. The van der Waals surface area contributed by atoms with Crippen molar-refractivity contribution in [2.45, 2.75) is 24.0 Å². The fourth-order valence-electron chi connectivity index (χ4n) is 1.98. The lowest BCUT2D eigenvalue weighted by atomic mass is 10.2. The zero-order chi connectivity index (χ0) is 15.5. The van der Waals surface area contributed by atoms with Crippen molar-refractivity contribution in [3.05, 3.63) is 29.8 Å². The van der Waals surface area contributed by atoms with Crippen LogP contribution in [0, 0.1) is 6.92 Å². The summed E-state index contributed by atoms with van der Waals surface area (Å²) in [6, 6.07) is 5.61. The first kappa shape index (κ1) is 16.1. The Morgan fingerprint density at radius 1 is 1.33 bits per heavy atom. The molecule has 0 radical (unpaired) electrons. The maximum Gasteiger partial charge on any atom is 0.343 e. The zero-order valence-electron chi connectivity index (χ0n) is 12.0. The maximum atomic E-state index is 12.1. The third kappa shape index (κ3) is 4.62. The summed E-state index contributed by atoms with van der Waals surface area (Å²) in [5.74, 6) is 0.909. The van der Waals surface area contributed by atoms with Crippen molar-refractivity contribution in [1.29, 1.82) is 0 Å². The minimum atomic E-state index is -3.83. The van der Waals surface area contributed by atoms with E-state index in [0.29, 0.717) is 18.3 Å². The van der Waals surface area contributed by atoms with Gasteiger partial charge in [-0.3, -0.25) is 5.43 Å². The summed E-state index contributed by atoms with van der Waals surface area (Å²) in [5.41, 5.74) is 3.53. The van der Waals surface area contributed by atoms with Gasteiger partial charge in [0.15, 0.2) is 0 Å². The molecule has 2 rings (SSSR count). The minimum absolute atomic E-state index is 0.0748. The number of sulfonamides is 1. The quantitative estimate of drug-likeness (QED) is 0.875. The van der Waals surface area contributed by atoms with E-state index in [9.17, 15) is 13.2 Å². The Hall–Kier alpha value is -1.25. The Balaban J connectivity index is 1.96. The van der Waals surface area contributed by atoms with E-state index in [-0.39, 0.29) is 4.90 Å². The van der Waals surface area contributed by atoms with Gasteiger partial charge in [0.05, 0.1) is 4.90 Å². The second-order valence-corrected chi connectivity index (χ2v) is 8.22. The van der Waals surface area contributed by atoms with Crippen molar-refractivity contribution >= 4 is 27.8 Å². The van der Waals surface area contributed by atoms with Crippen LogP contribution >= 0.6 is 11.8 Å². The van der Waals surface area contributed by atoms with Crippen LogP contribution in [-0.2, 0) is 10.0 Å². The summed E-state index contributed by atoms with van der Waals surface area (Å²) in [4.78, 5) is 11.9. The standard InChI is InChI=1S/C13H19N3O3S2/c1-10-3-5-12(6-4-10)21(18,19)15-13(17)14-16-7-8-20-11(2)9-16/h3-6,11H,7-9H2,1-2H3,(H2,14,15,17).